The van der Waals surface area contributed by atoms with Crippen LogP contribution < -0.4 is 0 Å². The Morgan fingerprint density at radius 1 is 1.10 bits per heavy atom. The van der Waals surface area contributed by atoms with Crippen LogP contribution in [-0.4, -0.2) is 45.1 Å². The summed E-state index contributed by atoms with van der Waals surface area (Å²) in [6, 6.07) is 0. The zero-order valence-electron chi connectivity index (χ0n) is 13.7. The first-order valence-corrected chi connectivity index (χ1v) is 8.35. The molecule has 2 heterocycles. The van der Waals surface area contributed by atoms with Crippen molar-refractivity contribution in [3.8, 4) is 0 Å². The molecular weight excluding hydrogens is 245 g/mol. The molecule has 1 spiro atoms. The summed E-state index contributed by atoms with van der Waals surface area (Å²) < 4.78 is 5.65. The van der Waals surface area contributed by atoms with E-state index in [1.54, 1.807) is 0 Å². The number of nitrogens with zero attached hydrogens (tertiary/aromatic N) is 1. The maximum Gasteiger partial charge on any atom is 0.0742 e. The Morgan fingerprint density at radius 2 is 1.80 bits per heavy atom. The number of ether oxygens (including phenoxy) is 1. The quantitative estimate of drug-likeness (QED) is 0.629. The highest BCUT2D eigenvalue weighted by Crippen LogP contribution is 2.56. The molecule has 20 heavy (non-hydrogen) atoms. The lowest BCUT2D eigenvalue weighted by Gasteiger charge is -2.62. The largest absolute Gasteiger partial charge is 0.377 e. The van der Waals surface area contributed by atoms with E-state index >= 15 is 0 Å². The van der Waals surface area contributed by atoms with E-state index in [0.717, 1.165) is 31.5 Å². The van der Waals surface area contributed by atoms with Crippen LogP contribution in [0.1, 0.15) is 52.9 Å². The molecule has 3 unspecified atom stereocenters. The van der Waals surface area contributed by atoms with E-state index in [1.807, 2.05) is 0 Å². The van der Waals surface area contributed by atoms with E-state index in [2.05, 4.69) is 32.7 Å². The third-order valence-electron chi connectivity index (χ3n) is 6.54. The van der Waals surface area contributed by atoms with Crippen molar-refractivity contribution in [3.63, 3.8) is 0 Å². The molecule has 0 N–H and O–H groups in total. The molecular formula is C17H30BNO. The summed E-state index contributed by atoms with van der Waals surface area (Å²) in [4.78, 5) is 2.59. The van der Waals surface area contributed by atoms with E-state index in [1.165, 1.54) is 32.2 Å². The summed E-state index contributed by atoms with van der Waals surface area (Å²) in [6.07, 6.45) is 6.25. The maximum absolute atomic E-state index is 6.55. The van der Waals surface area contributed by atoms with Crippen LogP contribution in [0, 0.1) is 17.3 Å². The minimum absolute atomic E-state index is 0.0150. The number of hydrogen-bond donors (Lipinski definition) is 0. The van der Waals surface area contributed by atoms with Gasteiger partial charge in [-0.2, -0.15) is 0 Å². The van der Waals surface area contributed by atoms with Crippen LogP contribution in [0.25, 0.3) is 0 Å². The highest BCUT2D eigenvalue weighted by Gasteiger charge is 2.57. The molecule has 1 saturated carbocycles. The summed E-state index contributed by atoms with van der Waals surface area (Å²) in [7, 11) is 8.85. The van der Waals surface area contributed by atoms with Crippen molar-refractivity contribution in [1.29, 1.82) is 0 Å². The molecule has 3 aliphatic rings. The van der Waals surface area contributed by atoms with E-state index < -0.39 is 0 Å². The van der Waals surface area contributed by atoms with Crippen LogP contribution in [0.15, 0.2) is 0 Å². The third kappa shape index (κ3) is 2.25. The van der Waals surface area contributed by atoms with Crippen molar-refractivity contribution in [2.24, 2.45) is 17.3 Å². The fourth-order valence-corrected chi connectivity index (χ4v) is 5.55. The highest BCUT2D eigenvalue weighted by molar-refractivity contribution is 6.14. The van der Waals surface area contributed by atoms with Crippen LogP contribution >= 0.6 is 0 Å². The average Bonchev–Trinajstić information content (AvgIpc) is 2.23. The SMILES string of the molecule is [B]C1(C)CCCC2C(CCN(C)C23COC3)C(C)(C)C1. The molecule has 2 nitrogen and oxygen atoms in total. The first-order valence-electron chi connectivity index (χ1n) is 8.35. The van der Waals surface area contributed by atoms with Gasteiger partial charge in [-0.25, -0.2) is 0 Å². The molecule has 0 aromatic carbocycles. The number of piperidine rings is 1. The number of hydrogen-bond acceptors (Lipinski definition) is 2. The summed E-state index contributed by atoms with van der Waals surface area (Å²) >= 11 is 0. The third-order valence-corrected chi connectivity index (χ3v) is 6.54. The molecule has 0 aromatic heterocycles. The standard InChI is InChI=1S/C17H30BNO/c1-15(2)10-16(3,18)8-5-6-14-13(15)7-9-19(4)17(14)11-20-12-17/h13-14H,5-12H2,1-4H3. The first-order chi connectivity index (χ1) is 9.27. The molecule has 3 rings (SSSR count). The molecule has 2 radical (unpaired) electrons. The molecule has 3 heteroatoms. The van der Waals surface area contributed by atoms with Gasteiger partial charge in [-0.3, -0.25) is 4.90 Å². The van der Waals surface area contributed by atoms with Gasteiger partial charge in [0.1, 0.15) is 0 Å². The number of rotatable bonds is 0. The normalized spacial score (nSPS) is 44.2. The first kappa shape index (κ1) is 14.9. The fourth-order valence-electron chi connectivity index (χ4n) is 5.55. The lowest BCUT2D eigenvalue weighted by Crippen LogP contribution is -2.70. The van der Waals surface area contributed by atoms with Gasteiger partial charge >= 0.3 is 0 Å². The van der Waals surface area contributed by atoms with Gasteiger partial charge < -0.3 is 4.74 Å². The van der Waals surface area contributed by atoms with Gasteiger partial charge in [-0.1, -0.05) is 45.3 Å². The van der Waals surface area contributed by atoms with E-state index in [-0.39, 0.29) is 5.31 Å². The average molecular weight is 275 g/mol. The van der Waals surface area contributed by atoms with Crippen LogP contribution in [0.4, 0.5) is 0 Å². The van der Waals surface area contributed by atoms with Crippen LogP contribution in [-0.2, 0) is 4.74 Å². The minimum Gasteiger partial charge on any atom is -0.377 e. The molecule has 0 amide bonds. The lowest BCUT2D eigenvalue weighted by molar-refractivity contribution is -0.205. The second-order valence-electron chi connectivity index (χ2n) is 8.73. The van der Waals surface area contributed by atoms with Crippen molar-refractivity contribution < 1.29 is 4.74 Å². The smallest absolute Gasteiger partial charge is 0.0742 e. The Kier molecular flexibility index (Phi) is 3.53. The molecule has 3 fully saturated rings. The van der Waals surface area contributed by atoms with Crippen molar-refractivity contribution >= 4 is 7.85 Å². The van der Waals surface area contributed by atoms with Crippen molar-refractivity contribution in [1.82, 2.24) is 4.90 Å². The van der Waals surface area contributed by atoms with Crippen LogP contribution in [0.2, 0.25) is 5.31 Å². The van der Waals surface area contributed by atoms with Crippen molar-refractivity contribution in [3.05, 3.63) is 0 Å². The van der Waals surface area contributed by atoms with Gasteiger partial charge in [0.15, 0.2) is 0 Å². The van der Waals surface area contributed by atoms with Crippen molar-refractivity contribution in [2.45, 2.75) is 63.7 Å². The molecule has 0 aromatic rings. The summed E-state index contributed by atoms with van der Waals surface area (Å²) in [5.41, 5.74) is 0.682. The van der Waals surface area contributed by atoms with Gasteiger partial charge in [-0.05, 0) is 43.7 Å². The molecule has 112 valence electrons. The van der Waals surface area contributed by atoms with Gasteiger partial charge in [0, 0.05) is 0 Å². The fraction of sp³-hybridized carbons (Fsp3) is 1.00. The van der Waals surface area contributed by atoms with E-state index in [9.17, 15) is 0 Å². The summed E-state index contributed by atoms with van der Waals surface area (Å²) in [6.45, 7) is 10.3. The number of likely N-dealkylation sites (tertiary alicyclic amines) is 1. The Bertz CT molecular complexity index is 375. The van der Waals surface area contributed by atoms with E-state index in [0.29, 0.717) is 11.0 Å². The minimum atomic E-state index is 0.0150. The summed E-state index contributed by atoms with van der Waals surface area (Å²) in [5, 5.41) is 0.0150. The Labute approximate surface area is 126 Å². The van der Waals surface area contributed by atoms with Gasteiger partial charge in [-0.15, -0.1) is 0 Å². The molecule has 0 bridgehead atoms. The second-order valence-corrected chi connectivity index (χ2v) is 8.73. The van der Waals surface area contributed by atoms with E-state index in [4.69, 9.17) is 12.6 Å². The van der Waals surface area contributed by atoms with Crippen LogP contribution in [0.5, 0.6) is 0 Å². The Balaban J connectivity index is 1.90. The van der Waals surface area contributed by atoms with Crippen molar-refractivity contribution in [2.75, 3.05) is 26.8 Å². The zero-order valence-corrected chi connectivity index (χ0v) is 13.7. The summed E-state index contributed by atoms with van der Waals surface area (Å²) in [5.74, 6) is 1.59. The Morgan fingerprint density at radius 3 is 2.40 bits per heavy atom. The maximum atomic E-state index is 6.55. The van der Waals surface area contributed by atoms with Gasteiger partial charge in [0.2, 0.25) is 0 Å². The Hall–Kier alpha value is -0.0151. The molecule has 2 saturated heterocycles. The van der Waals surface area contributed by atoms with Gasteiger partial charge in [0.25, 0.3) is 0 Å². The molecule has 1 aliphatic carbocycles. The number of likely N-dealkylation sites (N-methyl/N-ethyl adjacent to an activating group) is 1. The lowest BCUT2D eigenvalue weighted by atomic mass is 9.50. The highest BCUT2D eigenvalue weighted by atomic mass is 16.5. The molecule has 3 atom stereocenters. The van der Waals surface area contributed by atoms with Crippen LogP contribution in [0.3, 0.4) is 0 Å². The predicted octanol–water partition coefficient (Wildman–Crippen LogP) is 3.27. The monoisotopic (exact) mass is 275 g/mol. The predicted molar refractivity (Wildman–Crippen MR) is 84.1 cm³/mol. The zero-order chi connectivity index (χ0) is 14.6. The van der Waals surface area contributed by atoms with Gasteiger partial charge in [0.05, 0.1) is 26.6 Å². The molecule has 2 aliphatic heterocycles. The topological polar surface area (TPSA) is 12.5 Å². The second kappa shape index (κ2) is 4.74. The number of fused-ring (bicyclic) bond motifs is 2.